The van der Waals surface area contributed by atoms with Gasteiger partial charge in [0.1, 0.15) is 0 Å². The van der Waals surface area contributed by atoms with Gasteiger partial charge in [-0.3, -0.25) is 0 Å². The summed E-state index contributed by atoms with van der Waals surface area (Å²) in [4.78, 5) is 16.4. The van der Waals surface area contributed by atoms with Crippen LogP contribution in [-0.2, 0) is 4.57 Å². The molecule has 8 heavy (non-hydrogen) atoms. The van der Waals surface area contributed by atoms with Crippen LogP contribution in [0.25, 0.3) is 0 Å². The van der Waals surface area contributed by atoms with Crippen LogP contribution >= 0.6 is 18.2 Å². The average Bonchev–Trinajstić information content (AvgIpc) is 1.59. The quantitative estimate of drug-likeness (QED) is 0.470. The molecule has 0 spiro atoms. The van der Waals surface area contributed by atoms with Crippen LogP contribution in [0.15, 0.2) is 12.7 Å². The molecule has 3 nitrogen and oxygen atoms in total. The maximum Gasteiger partial charge on any atom is 0.384 e. The van der Waals surface area contributed by atoms with Crippen molar-refractivity contribution < 1.29 is 14.4 Å². The number of hydrogen-bond acceptors (Lipinski definition) is 2. The summed E-state index contributed by atoms with van der Waals surface area (Å²) in [6, 6.07) is 0. The molecule has 0 bridgehead atoms. The predicted molar refractivity (Wildman–Crippen MR) is 34.7 cm³/mol. The average molecular weight is 154 g/mol. The molecule has 0 aromatic carbocycles. The molecular weight excluding hydrogens is 147 g/mol. The van der Waals surface area contributed by atoms with Crippen molar-refractivity contribution in [1.29, 1.82) is 0 Å². The van der Waals surface area contributed by atoms with E-state index in [2.05, 4.69) is 6.58 Å². The molecule has 0 aliphatic rings. The van der Waals surface area contributed by atoms with Gasteiger partial charge >= 0.3 is 6.80 Å². The van der Waals surface area contributed by atoms with Gasteiger partial charge in [-0.25, -0.2) is 4.57 Å². The molecule has 0 atom stereocenters. The second kappa shape index (κ2) is 3.30. The maximum atomic E-state index is 10.00. The summed E-state index contributed by atoms with van der Waals surface area (Å²) in [6.45, 7) is -0.537. The third kappa shape index (κ3) is 6.24. The highest BCUT2D eigenvalue weighted by molar-refractivity contribution is 8.54. The Morgan fingerprint density at radius 2 is 2.25 bits per heavy atom. The lowest BCUT2D eigenvalue weighted by Crippen LogP contribution is -1.70. The van der Waals surface area contributed by atoms with Gasteiger partial charge in [-0.1, -0.05) is 6.08 Å². The lowest BCUT2D eigenvalue weighted by molar-refractivity contribution is 0.397. The van der Waals surface area contributed by atoms with Crippen molar-refractivity contribution >= 4 is 18.2 Å². The summed E-state index contributed by atoms with van der Waals surface area (Å²) < 4.78 is 10.00. The zero-order chi connectivity index (χ0) is 6.62. The van der Waals surface area contributed by atoms with E-state index in [0.717, 1.165) is 0 Å². The Bertz CT molecular complexity index is 118. The standard InChI is InChI=1S/C3H7O3PS/c1-2-3-8-7(4,5)6/h2H,1,3H2,(H2,4,5,6). The highest BCUT2D eigenvalue weighted by Crippen LogP contribution is 2.49. The van der Waals surface area contributed by atoms with E-state index in [1.54, 1.807) is 0 Å². The Labute approximate surface area is 51.7 Å². The first-order chi connectivity index (χ1) is 3.56. The van der Waals surface area contributed by atoms with Crippen LogP contribution in [0.4, 0.5) is 0 Å². The fraction of sp³-hybridized carbons (Fsp3) is 0.333. The van der Waals surface area contributed by atoms with Crippen molar-refractivity contribution in [2.45, 2.75) is 0 Å². The minimum absolute atomic E-state index is 0.296. The van der Waals surface area contributed by atoms with Crippen LogP contribution in [0.5, 0.6) is 0 Å². The summed E-state index contributed by atoms with van der Waals surface area (Å²) in [5.41, 5.74) is 0. The van der Waals surface area contributed by atoms with E-state index in [0.29, 0.717) is 17.1 Å². The third-order valence-electron chi connectivity index (χ3n) is 0.361. The summed E-state index contributed by atoms with van der Waals surface area (Å²) in [5.74, 6) is 0.296. The molecule has 48 valence electrons. The fourth-order valence-electron chi connectivity index (χ4n) is 0.150. The van der Waals surface area contributed by atoms with Crippen LogP contribution < -0.4 is 0 Å². The van der Waals surface area contributed by atoms with Gasteiger partial charge in [-0.2, -0.15) is 0 Å². The number of hydrogen-bond donors (Lipinski definition) is 2. The second-order valence-corrected chi connectivity index (χ2v) is 4.85. The van der Waals surface area contributed by atoms with E-state index in [1.165, 1.54) is 6.08 Å². The third-order valence-corrected chi connectivity index (χ3v) is 2.54. The fourth-order valence-corrected chi connectivity index (χ4v) is 1.35. The molecule has 0 radical (unpaired) electrons. The first-order valence-electron chi connectivity index (χ1n) is 1.87. The minimum atomic E-state index is -3.84. The van der Waals surface area contributed by atoms with Gasteiger partial charge in [0, 0.05) is 5.75 Å². The summed E-state index contributed by atoms with van der Waals surface area (Å²) in [7, 11) is 0. The zero-order valence-electron chi connectivity index (χ0n) is 4.15. The molecule has 2 N–H and O–H groups in total. The van der Waals surface area contributed by atoms with Crippen molar-refractivity contribution in [2.24, 2.45) is 0 Å². The molecule has 0 heterocycles. The zero-order valence-corrected chi connectivity index (χ0v) is 5.86. The van der Waals surface area contributed by atoms with Gasteiger partial charge in [0.05, 0.1) is 0 Å². The highest BCUT2D eigenvalue weighted by atomic mass is 32.7. The largest absolute Gasteiger partial charge is 0.384 e. The van der Waals surface area contributed by atoms with Crippen molar-refractivity contribution in [1.82, 2.24) is 0 Å². The van der Waals surface area contributed by atoms with Crippen LogP contribution in [0, 0.1) is 0 Å². The van der Waals surface area contributed by atoms with Crippen molar-refractivity contribution in [3.05, 3.63) is 12.7 Å². The molecule has 0 saturated heterocycles. The van der Waals surface area contributed by atoms with Crippen molar-refractivity contribution in [3.8, 4) is 0 Å². The Hall–Kier alpha value is 0.240. The molecule has 0 aliphatic heterocycles. The lowest BCUT2D eigenvalue weighted by Gasteiger charge is -1.96. The van der Waals surface area contributed by atoms with Crippen LogP contribution in [0.3, 0.4) is 0 Å². The van der Waals surface area contributed by atoms with Crippen LogP contribution in [0.2, 0.25) is 0 Å². The molecule has 0 fully saturated rings. The van der Waals surface area contributed by atoms with E-state index < -0.39 is 6.80 Å². The topological polar surface area (TPSA) is 57.5 Å². The van der Waals surface area contributed by atoms with Gasteiger partial charge in [-0.15, -0.1) is 6.58 Å². The molecule has 0 unspecified atom stereocenters. The summed E-state index contributed by atoms with van der Waals surface area (Å²) >= 11 is 0.582. The predicted octanol–water partition coefficient (Wildman–Crippen LogP) is 0.998. The molecule has 0 aromatic heterocycles. The van der Waals surface area contributed by atoms with E-state index in [-0.39, 0.29) is 0 Å². The molecule has 5 heteroatoms. The Balaban J connectivity index is 3.40. The smallest absolute Gasteiger partial charge is 0.317 e. The van der Waals surface area contributed by atoms with Gasteiger partial charge in [-0.05, 0) is 11.4 Å². The molecule has 0 rings (SSSR count). The summed E-state index contributed by atoms with van der Waals surface area (Å²) in [5, 5.41) is 0. The first-order valence-corrected chi connectivity index (χ1v) is 5.07. The monoisotopic (exact) mass is 154 g/mol. The number of rotatable bonds is 3. The maximum absolute atomic E-state index is 10.00. The minimum Gasteiger partial charge on any atom is -0.317 e. The van der Waals surface area contributed by atoms with Crippen LogP contribution in [-0.4, -0.2) is 15.5 Å². The highest BCUT2D eigenvalue weighted by Gasteiger charge is 2.10. The van der Waals surface area contributed by atoms with E-state index >= 15 is 0 Å². The molecular formula is C3H7O3PS. The Morgan fingerprint density at radius 1 is 1.75 bits per heavy atom. The molecule has 0 aliphatic carbocycles. The lowest BCUT2D eigenvalue weighted by atomic mass is 10.8. The summed E-state index contributed by atoms with van der Waals surface area (Å²) in [6.07, 6.45) is 1.45. The Kier molecular flexibility index (Phi) is 3.40. The molecule has 0 aromatic rings. The normalized spacial score (nSPS) is 11.2. The molecule has 0 amide bonds. The van der Waals surface area contributed by atoms with Crippen LogP contribution in [0.1, 0.15) is 0 Å². The van der Waals surface area contributed by atoms with Gasteiger partial charge in [0.25, 0.3) is 0 Å². The van der Waals surface area contributed by atoms with E-state index in [4.69, 9.17) is 9.79 Å². The molecule has 0 saturated carbocycles. The van der Waals surface area contributed by atoms with E-state index in [1.807, 2.05) is 0 Å². The van der Waals surface area contributed by atoms with Gasteiger partial charge in [0.2, 0.25) is 0 Å². The second-order valence-electron chi connectivity index (χ2n) is 1.08. The van der Waals surface area contributed by atoms with Crippen molar-refractivity contribution in [2.75, 3.05) is 5.75 Å². The van der Waals surface area contributed by atoms with Gasteiger partial charge in [0.15, 0.2) is 0 Å². The Morgan fingerprint density at radius 3 is 2.38 bits per heavy atom. The SMILES string of the molecule is C=CCSP(=O)(O)O. The van der Waals surface area contributed by atoms with E-state index in [9.17, 15) is 4.57 Å². The first kappa shape index (κ1) is 8.24. The van der Waals surface area contributed by atoms with Crippen molar-refractivity contribution in [3.63, 3.8) is 0 Å². The van der Waals surface area contributed by atoms with Gasteiger partial charge < -0.3 is 9.79 Å².